The molecule has 0 saturated carbocycles. The molecule has 5 heteroatoms. The lowest BCUT2D eigenvalue weighted by Crippen LogP contribution is -2.24. The second kappa shape index (κ2) is 6.59. The van der Waals surface area contributed by atoms with Crippen molar-refractivity contribution in [1.29, 1.82) is 0 Å². The summed E-state index contributed by atoms with van der Waals surface area (Å²) in [7, 11) is 1.71. The third-order valence-electron chi connectivity index (χ3n) is 2.94. The number of nitrogens with zero attached hydrogens (tertiary/aromatic N) is 2. The molecule has 1 aromatic heterocycles. The summed E-state index contributed by atoms with van der Waals surface area (Å²) in [6, 6.07) is 7.91. The Morgan fingerprint density at radius 2 is 2.26 bits per heavy atom. The summed E-state index contributed by atoms with van der Waals surface area (Å²) in [5.41, 5.74) is 1.82. The number of benzene rings is 1. The van der Waals surface area contributed by atoms with E-state index >= 15 is 0 Å². The van der Waals surface area contributed by atoms with Gasteiger partial charge < -0.3 is 10.1 Å². The highest BCUT2D eigenvalue weighted by Gasteiger charge is 2.13. The first-order valence-corrected chi connectivity index (χ1v) is 6.68. The van der Waals surface area contributed by atoms with E-state index in [0.29, 0.717) is 11.6 Å². The van der Waals surface area contributed by atoms with E-state index in [1.807, 2.05) is 30.5 Å². The van der Waals surface area contributed by atoms with Gasteiger partial charge in [0.25, 0.3) is 0 Å². The Morgan fingerprint density at radius 3 is 2.89 bits per heavy atom. The van der Waals surface area contributed by atoms with Gasteiger partial charge in [0, 0.05) is 25.5 Å². The average Bonchev–Trinajstić information content (AvgIpc) is 2.92. The lowest BCUT2D eigenvalue weighted by Gasteiger charge is -2.20. The van der Waals surface area contributed by atoms with Crippen molar-refractivity contribution in [2.75, 3.05) is 19.0 Å². The molecule has 0 aliphatic heterocycles. The lowest BCUT2D eigenvalue weighted by atomic mass is 10.2. The first-order valence-electron chi connectivity index (χ1n) is 6.30. The number of nitrogens with one attached hydrogen (secondary N) is 1. The summed E-state index contributed by atoms with van der Waals surface area (Å²) in [6.45, 7) is 2.77. The summed E-state index contributed by atoms with van der Waals surface area (Å²) in [5.74, 6) is 0. The second-order valence-corrected chi connectivity index (χ2v) is 4.70. The first kappa shape index (κ1) is 13.9. The zero-order valence-corrected chi connectivity index (χ0v) is 11.9. The van der Waals surface area contributed by atoms with Gasteiger partial charge in [0.2, 0.25) is 0 Å². The third-order valence-corrected chi connectivity index (χ3v) is 3.25. The van der Waals surface area contributed by atoms with Crippen molar-refractivity contribution in [2.45, 2.75) is 19.4 Å². The Kier molecular flexibility index (Phi) is 4.82. The van der Waals surface area contributed by atoms with Crippen LogP contribution in [0.1, 0.15) is 13.3 Å². The molecule has 1 atom stereocenters. The second-order valence-electron chi connectivity index (χ2n) is 4.29. The van der Waals surface area contributed by atoms with Crippen molar-refractivity contribution in [3.8, 4) is 5.69 Å². The van der Waals surface area contributed by atoms with Crippen LogP contribution in [-0.2, 0) is 4.74 Å². The van der Waals surface area contributed by atoms with E-state index in [9.17, 15) is 0 Å². The smallest absolute Gasteiger partial charge is 0.106 e. The molecule has 2 aromatic rings. The molecule has 4 nitrogen and oxygen atoms in total. The number of anilines is 1. The van der Waals surface area contributed by atoms with Crippen molar-refractivity contribution < 1.29 is 4.74 Å². The van der Waals surface area contributed by atoms with Crippen molar-refractivity contribution in [3.05, 3.63) is 41.7 Å². The maximum absolute atomic E-state index is 6.29. The molecule has 1 aromatic carbocycles. The molecule has 0 bridgehead atoms. The summed E-state index contributed by atoms with van der Waals surface area (Å²) < 4.78 is 6.98. The molecule has 0 aliphatic rings. The fraction of sp³-hybridized carbons (Fsp3) is 0.357. The largest absolute Gasteiger partial charge is 0.383 e. The Bertz CT molecular complexity index is 513. The van der Waals surface area contributed by atoms with Gasteiger partial charge in [-0.15, -0.1) is 0 Å². The Balaban J connectivity index is 2.32. The zero-order valence-electron chi connectivity index (χ0n) is 11.1. The van der Waals surface area contributed by atoms with Gasteiger partial charge in [0.1, 0.15) is 5.69 Å². The zero-order chi connectivity index (χ0) is 13.7. The van der Waals surface area contributed by atoms with Crippen LogP contribution in [0.2, 0.25) is 5.02 Å². The van der Waals surface area contributed by atoms with Crippen molar-refractivity contribution in [1.82, 2.24) is 9.78 Å². The minimum Gasteiger partial charge on any atom is -0.383 e. The first-order chi connectivity index (χ1) is 9.26. The molecule has 0 aliphatic carbocycles. The van der Waals surface area contributed by atoms with Gasteiger partial charge in [-0.1, -0.05) is 24.6 Å². The Morgan fingerprint density at radius 1 is 1.42 bits per heavy atom. The van der Waals surface area contributed by atoms with E-state index < -0.39 is 0 Å². The minimum absolute atomic E-state index is 0.248. The SMILES string of the molecule is CCC(COC)Nc1cccc(Cl)c1-n1cccn1. The molecule has 0 spiro atoms. The number of para-hydroxylation sites is 1. The molecule has 2 rings (SSSR count). The number of hydrogen-bond acceptors (Lipinski definition) is 3. The minimum atomic E-state index is 0.248. The average molecular weight is 280 g/mol. The van der Waals surface area contributed by atoms with Gasteiger partial charge >= 0.3 is 0 Å². The molecule has 0 saturated heterocycles. The number of aromatic nitrogens is 2. The molecular weight excluding hydrogens is 262 g/mol. The topological polar surface area (TPSA) is 39.1 Å². The molecule has 19 heavy (non-hydrogen) atoms. The lowest BCUT2D eigenvalue weighted by molar-refractivity contribution is 0.184. The monoisotopic (exact) mass is 279 g/mol. The molecule has 1 N–H and O–H groups in total. The van der Waals surface area contributed by atoms with Crippen LogP contribution >= 0.6 is 11.6 Å². The molecule has 1 unspecified atom stereocenters. The number of methoxy groups -OCH3 is 1. The fourth-order valence-corrected chi connectivity index (χ4v) is 2.21. The van der Waals surface area contributed by atoms with Crippen LogP contribution in [-0.4, -0.2) is 29.5 Å². The van der Waals surface area contributed by atoms with Crippen LogP contribution in [0, 0.1) is 0 Å². The van der Waals surface area contributed by atoms with E-state index in [-0.39, 0.29) is 6.04 Å². The summed E-state index contributed by atoms with van der Waals surface area (Å²) in [4.78, 5) is 0. The number of hydrogen-bond donors (Lipinski definition) is 1. The van der Waals surface area contributed by atoms with Crippen LogP contribution in [0.3, 0.4) is 0 Å². The fourth-order valence-electron chi connectivity index (χ4n) is 1.95. The van der Waals surface area contributed by atoms with E-state index in [1.165, 1.54) is 0 Å². The van der Waals surface area contributed by atoms with Crippen LogP contribution in [0.5, 0.6) is 0 Å². The van der Waals surface area contributed by atoms with E-state index in [2.05, 4.69) is 17.3 Å². The van der Waals surface area contributed by atoms with Crippen LogP contribution in [0.25, 0.3) is 5.69 Å². The number of halogens is 1. The van der Waals surface area contributed by atoms with Gasteiger partial charge in [-0.3, -0.25) is 0 Å². The van der Waals surface area contributed by atoms with Crippen molar-refractivity contribution in [2.24, 2.45) is 0 Å². The highest BCUT2D eigenvalue weighted by atomic mass is 35.5. The molecule has 0 amide bonds. The summed E-state index contributed by atoms with van der Waals surface area (Å²) in [5, 5.41) is 8.37. The summed E-state index contributed by atoms with van der Waals surface area (Å²) >= 11 is 6.29. The molecular formula is C14H18ClN3O. The Labute approximate surface area is 118 Å². The van der Waals surface area contributed by atoms with Crippen LogP contribution in [0.4, 0.5) is 5.69 Å². The van der Waals surface area contributed by atoms with Gasteiger partial charge in [-0.2, -0.15) is 5.10 Å². The summed E-state index contributed by atoms with van der Waals surface area (Å²) in [6.07, 6.45) is 4.59. The van der Waals surface area contributed by atoms with Crippen LogP contribution < -0.4 is 5.32 Å². The predicted molar refractivity (Wildman–Crippen MR) is 78.2 cm³/mol. The molecule has 0 fully saturated rings. The van der Waals surface area contributed by atoms with E-state index in [0.717, 1.165) is 17.8 Å². The highest BCUT2D eigenvalue weighted by Crippen LogP contribution is 2.28. The van der Waals surface area contributed by atoms with Gasteiger partial charge in [0.05, 0.1) is 17.3 Å². The predicted octanol–water partition coefficient (Wildman–Crippen LogP) is 3.36. The normalized spacial score (nSPS) is 12.4. The van der Waals surface area contributed by atoms with Crippen molar-refractivity contribution >= 4 is 17.3 Å². The maximum atomic E-state index is 6.29. The standard InChI is InChI=1S/C14H18ClN3O/c1-3-11(10-19-2)17-13-7-4-6-12(15)14(13)18-9-5-8-16-18/h4-9,11,17H,3,10H2,1-2H3. The third kappa shape index (κ3) is 3.28. The van der Waals surface area contributed by atoms with Crippen LogP contribution in [0.15, 0.2) is 36.7 Å². The number of ether oxygens (including phenoxy) is 1. The van der Waals surface area contributed by atoms with Gasteiger partial charge in [-0.05, 0) is 24.6 Å². The number of rotatable bonds is 6. The quantitative estimate of drug-likeness (QED) is 0.881. The molecule has 102 valence electrons. The van der Waals surface area contributed by atoms with Gasteiger partial charge in [0.15, 0.2) is 0 Å². The van der Waals surface area contributed by atoms with E-state index in [4.69, 9.17) is 16.3 Å². The van der Waals surface area contributed by atoms with E-state index in [1.54, 1.807) is 18.0 Å². The highest BCUT2D eigenvalue weighted by molar-refractivity contribution is 6.33. The van der Waals surface area contributed by atoms with Gasteiger partial charge in [-0.25, -0.2) is 4.68 Å². The maximum Gasteiger partial charge on any atom is 0.106 e. The Hall–Kier alpha value is -1.52. The van der Waals surface area contributed by atoms with Crippen molar-refractivity contribution in [3.63, 3.8) is 0 Å². The molecule has 0 radical (unpaired) electrons. The molecule has 1 heterocycles.